The van der Waals surface area contributed by atoms with E-state index < -0.39 is 18.1 Å². The van der Waals surface area contributed by atoms with Crippen LogP contribution in [0.1, 0.15) is 57.6 Å². The highest BCUT2D eigenvalue weighted by molar-refractivity contribution is 6.38. The molecule has 190 valence electrons. The third-order valence-corrected chi connectivity index (χ3v) is 6.51. The molecule has 2 aromatic heterocycles. The highest BCUT2D eigenvalue weighted by Crippen LogP contribution is 2.41. The summed E-state index contributed by atoms with van der Waals surface area (Å²) >= 11 is 6.57. The third kappa shape index (κ3) is 5.81. The molecule has 3 aromatic rings. The van der Waals surface area contributed by atoms with Gasteiger partial charge in [0.1, 0.15) is 12.2 Å². The van der Waals surface area contributed by atoms with Crippen molar-refractivity contribution in [3.63, 3.8) is 0 Å². The molecule has 3 N–H and O–H groups in total. The Hall–Kier alpha value is -2.59. The Balaban J connectivity index is 1.73. The molecule has 35 heavy (non-hydrogen) atoms. The van der Waals surface area contributed by atoms with Gasteiger partial charge in [-0.25, -0.2) is 4.98 Å². The van der Waals surface area contributed by atoms with Gasteiger partial charge in [0.05, 0.1) is 22.3 Å². The van der Waals surface area contributed by atoms with E-state index in [0.717, 1.165) is 30.4 Å². The molecule has 0 spiro atoms. The van der Waals surface area contributed by atoms with Crippen molar-refractivity contribution in [3.8, 4) is 11.6 Å². The van der Waals surface area contributed by atoms with Crippen LogP contribution in [0.5, 0.6) is 0 Å². The quantitative estimate of drug-likeness (QED) is 0.373. The maximum atomic E-state index is 12.9. The first-order valence-corrected chi connectivity index (χ1v) is 11.9. The number of pyridine rings is 1. The molecular weight excluding hydrogens is 483 g/mol. The maximum absolute atomic E-state index is 12.9. The highest BCUT2D eigenvalue weighted by atomic mass is 35.5. The number of aliphatic hydroxyl groups excluding tert-OH is 1. The molecule has 7 nitrogen and oxygen atoms in total. The van der Waals surface area contributed by atoms with Gasteiger partial charge in [-0.2, -0.15) is 13.2 Å². The van der Waals surface area contributed by atoms with Crippen LogP contribution in [0.3, 0.4) is 0 Å². The smallest absolute Gasteiger partial charge is 0.402 e. The van der Waals surface area contributed by atoms with Crippen LogP contribution in [0.4, 0.5) is 24.9 Å². The van der Waals surface area contributed by atoms with Gasteiger partial charge in [-0.1, -0.05) is 37.5 Å². The fourth-order valence-electron chi connectivity index (χ4n) is 4.42. The van der Waals surface area contributed by atoms with E-state index in [1.165, 1.54) is 0 Å². The van der Waals surface area contributed by atoms with Crippen LogP contribution in [0.2, 0.25) is 5.02 Å². The fraction of sp³-hybridized carbons (Fsp3) is 0.542. The molecule has 1 aliphatic rings. The second kappa shape index (κ2) is 9.46. The van der Waals surface area contributed by atoms with Crippen LogP contribution in [-0.2, 0) is 5.41 Å². The number of nitrogens with one attached hydrogen (secondary N) is 2. The number of anilines is 2. The van der Waals surface area contributed by atoms with Crippen LogP contribution >= 0.6 is 11.6 Å². The standard InChI is InChI=1S/C24H29ClF3N5O2/c1-12-8-17(21-32-33-22(35-21)30-13-6-5-7-14(34)9-13)31-20-15(23(2,3)4)10-16(19(25)18(12)20)29-11-24(26,27)28/h8,10,13-14,29,34H,5-7,9,11H2,1-4H3,(H,30,33)/t13-,14+/m0/s1. The summed E-state index contributed by atoms with van der Waals surface area (Å²) in [6, 6.07) is 3.66. The number of hydrogen-bond donors (Lipinski definition) is 3. The van der Waals surface area contributed by atoms with E-state index in [4.69, 9.17) is 21.0 Å². The number of aromatic nitrogens is 3. The molecule has 1 aromatic carbocycles. The number of hydrogen-bond acceptors (Lipinski definition) is 7. The van der Waals surface area contributed by atoms with Gasteiger partial charge in [0.15, 0.2) is 0 Å². The first-order valence-electron chi connectivity index (χ1n) is 11.6. The summed E-state index contributed by atoms with van der Waals surface area (Å²) in [4.78, 5) is 4.76. The van der Waals surface area contributed by atoms with Gasteiger partial charge in [-0.15, -0.1) is 5.10 Å². The zero-order valence-electron chi connectivity index (χ0n) is 20.1. The van der Waals surface area contributed by atoms with Crippen LogP contribution < -0.4 is 10.6 Å². The van der Waals surface area contributed by atoms with Gasteiger partial charge in [0.25, 0.3) is 5.89 Å². The predicted molar refractivity (Wildman–Crippen MR) is 130 cm³/mol. The Bertz CT molecular complexity index is 1220. The van der Waals surface area contributed by atoms with Gasteiger partial charge in [0.2, 0.25) is 0 Å². The van der Waals surface area contributed by atoms with Crippen molar-refractivity contribution in [2.75, 3.05) is 17.2 Å². The van der Waals surface area contributed by atoms with E-state index in [2.05, 4.69) is 20.8 Å². The molecule has 2 heterocycles. The summed E-state index contributed by atoms with van der Waals surface area (Å²) in [6.45, 7) is 6.50. The average Bonchev–Trinajstić information content (AvgIpc) is 3.20. The van der Waals surface area contributed by atoms with Crippen molar-refractivity contribution in [1.29, 1.82) is 0 Å². The van der Waals surface area contributed by atoms with Crippen LogP contribution in [-0.4, -0.2) is 45.2 Å². The van der Waals surface area contributed by atoms with E-state index in [1.807, 2.05) is 27.7 Å². The number of alkyl halides is 3. The maximum Gasteiger partial charge on any atom is 0.405 e. The molecule has 0 radical (unpaired) electrons. The Morgan fingerprint density at radius 2 is 1.91 bits per heavy atom. The van der Waals surface area contributed by atoms with Crippen molar-refractivity contribution in [2.24, 2.45) is 0 Å². The highest BCUT2D eigenvalue weighted by Gasteiger charge is 2.29. The van der Waals surface area contributed by atoms with Crippen molar-refractivity contribution >= 4 is 34.2 Å². The minimum atomic E-state index is -4.38. The normalized spacial score (nSPS) is 19.2. The second-order valence-corrected chi connectivity index (χ2v) is 10.5. The molecule has 0 unspecified atom stereocenters. The topological polar surface area (TPSA) is 96.1 Å². The Morgan fingerprint density at radius 1 is 1.17 bits per heavy atom. The summed E-state index contributed by atoms with van der Waals surface area (Å²) in [7, 11) is 0. The van der Waals surface area contributed by atoms with E-state index in [1.54, 1.807) is 12.1 Å². The van der Waals surface area contributed by atoms with Gasteiger partial charge >= 0.3 is 12.2 Å². The molecule has 0 amide bonds. The zero-order valence-corrected chi connectivity index (χ0v) is 20.8. The number of benzene rings is 1. The van der Waals surface area contributed by atoms with E-state index in [0.29, 0.717) is 23.0 Å². The van der Waals surface area contributed by atoms with Crippen molar-refractivity contribution in [2.45, 2.75) is 77.1 Å². The molecule has 1 saturated carbocycles. The lowest BCUT2D eigenvalue weighted by Crippen LogP contribution is -2.29. The fourth-order valence-corrected chi connectivity index (χ4v) is 4.78. The summed E-state index contributed by atoms with van der Waals surface area (Å²) in [5, 5.41) is 24.5. The van der Waals surface area contributed by atoms with E-state index in [-0.39, 0.29) is 34.8 Å². The number of nitrogens with zero attached hydrogens (tertiary/aromatic N) is 3. The second-order valence-electron chi connectivity index (χ2n) is 10.1. The number of halogens is 4. The molecule has 4 rings (SSSR count). The van der Waals surface area contributed by atoms with Crippen molar-refractivity contribution < 1.29 is 22.7 Å². The van der Waals surface area contributed by atoms with Gasteiger partial charge in [0, 0.05) is 11.4 Å². The Kier molecular flexibility index (Phi) is 6.89. The molecule has 1 aliphatic carbocycles. The van der Waals surface area contributed by atoms with Gasteiger partial charge in [-0.05, 0) is 61.3 Å². The molecule has 2 atom stereocenters. The van der Waals surface area contributed by atoms with Gasteiger partial charge in [-0.3, -0.25) is 0 Å². The summed E-state index contributed by atoms with van der Waals surface area (Å²) in [5.74, 6) is 0.212. The minimum absolute atomic E-state index is 0.0484. The van der Waals surface area contributed by atoms with Crippen molar-refractivity contribution in [3.05, 3.63) is 28.3 Å². The zero-order chi connectivity index (χ0) is 25.5. The summed E-state index contributed by atoms with van der Waals surface area (Å²) < 4.78 is 44.4. The predicted octanol–water partition coefficient (Wildman–Crippen LogP) is 6.23. The van der Waals surface area contributed by atoms with Crippen molar-refractivity contribution in [1.82, 2.24) is 15.2 Å². The summed E-state index contributed by atoms with van der Waals surface area (Å²) in [5.41, 5.74) is 2.24. The SMILES string of the molecule is Cc1cc(-c2nnc(N[C@H]3CCC[C@@H](O)C3)o2)nc2c(C(C)(C)C)cc(NCC(F)(F)F)c(Cl)c12. The lowest BCUT2D eigenvalue weighted by molar-refractivity contribution is -0.115. The van der Waals surface area contributed by atoms with Crippen LogP contribution in [0.25, 0.3) is 22.5 Å². The third-order valence-electron chi connectivity index (χ3n) is 6.12. The molecule has 1 fully saturated rings. The number of aliphatic hydroxyl groups is 1. The minimum Gasteiger partial charge on any atom is -0.402 e. The number of fused-ring (bicyclic) bond motifs is 1. The first kappa shape index (κ1) is 25.5. The summed E-state index contributed by atoms with van der Waals surface area (Å²) in [6.07, 6.45) is -1.49. The van der Waals surface area contributed by atoms with Crippen LogP contribution in [0, 0.1) is 6.92 Å². The lowest BCUT2D eigenvalue weighted by atomic mass is 9.84. The van der Waals surface area contributed by atoms with E-state index >= 15 is 0 Å². The average molecular weight is 512 g/mol. The molecule has 0 bridgehead atoms. The molecule has 0 aliphatic heterocycles. The van der Waals surface area contributed by atoms with Crippen LogP contribution in [0.15, 0.2) is 16.5 Å². The van der Waals surface area contributed by atoms with E-state index in [9.17, 15) is 18.3 Å². The number of aryl methyl sites for hydroxylation is 1. The Morgan fingerprint density at radius 3 is 2.57 bits per heavy atom. The van der Waals surface area contributed by atoms with Gasteiger partial charge < -0.3 is 20.2 Å². The largest absolute Gasteiger partial charge is 0.405 e. The molecule has 11 heteroatoms. The molecular formula is C24H29ClF3N5O2. The number of rotatable bonds is 5. The first-order chi connectivity index (χ1) is 16.3. The monoisotopic (exact) mass is 511 g/mol. The molecule has 0 saturated heterocycles. The Labute approximate surface area is 206 Å². The lowest BCUT2D eigenvalue weighted by Gasteiger charge is -2.25.